The van der Waals surface area contributed by atoms with Gasteiger partial charge in [-0.05, 0) is 22.9 Å². The van der Waals surface area contributed by atoms with Crippen LogP contribution in [0.15, 0.2) is 48.7 Å². The van der Waals surface area contributed by atoms with Gasteiger partial charge in [-0.2, -0.15) is 0 Å². The molecular formula is C15H11ClN2O. The van der Waals surface area contributed by atoms with Crippen molar-refractivity contribution < 1.29 is 4.74 Å². The summed E-state index contributed by atoms with van der Waals surface area (Å²) >= 11 is 5.95. The van der Waals surface area contributed by atoms with Crippen LogP contribution in [-0.4, -0.2) is 17.1 Å². The highest BCUT2D eigenvalue weighted by Crippen LogP contribution is 2.35. The van der Waals surface area contributed by atoms with E-state index in [1.54, 1.807) is 19.4 Å². The Morgan fingerprint density at radius 3 is 2.68 bits per heavy atom. The van der Waals surface area contributed by atoms with Crippen molar-refractivity contribution in [2.45, 2.75) is 0 Å². The Morgan fingerprint density at radius 2 is 1.89 bits per heavy atom. The Labute approximate surface area is 115 Å². The van der Waals surface area contributed by atoms with Crippen LogP contribution in [0.25, 0.3) is 22.2 Å². The van der Waals surface area contributed by atoms with E-state index in [2.05, 4.69) is 9.97 Å². The standard InChI is InChI=1S/C15H11ClN2O/c1-19-12-7-6-10-4-2-3-5-11(10)14(12)15-17-9-8-13(16)18-15/h2-9H,1H3. The molecule has 0 bridgehead atoms. The van der Waals surface area contributed by atoms with Crippen LogP contribution in [0.4, 0.5) is 0 Å². The van der Waals surface area contributed by atoms with Crippen molar-refractivity contribution in [2.75, 3.05) is 7.11 Å². The van der Waals surface area contributed by atoms with Gasteiger partial charge in [0, 0.05) is 6.20 Å². The van der Waals surface area contributed by atoms with Gasteiger partial charge in [-0.1, -0.05) is 41.9 Å². The lowest BCUT2D eigenvalue weighted by atomic mass is 10.0. The van der Waals surface area contributed by atoms with Crippen molar-refractivity contribution >= 4 is 22.4 Å². The lowest BCUT2D eigenvalue weighted by molar-refractivity contribution is 0.416. The maximum atomic E-state index is 5.95. The topological polar surface area (TPSA) is 35.0 Å². The summed E-state index contributed by atoms with van der Waals surface area (Å²) in [5, 5.41) is 2.57. The fourth-order valence-electron chi connectivity index (χ4n) is 2.11. The summed E-state index contributed by atoms with van der Waals surface area (Å²) in [5.41, 5.74) is 0.864. The van der Waals surface area contributed by atoms with E-state index in [4.69, 9.17) is 16.3 Å². The molecule has 0 N–H and O–H groups in total. The van der Waals surface area contributed by atoms with Crippen LogP contribution in [0.2, 0.25) is 5.15 Å². The molecule has 94 valence electrons. The van der Waals surface area contributed by atoms with E-state index in [9.17, 15) is 0 Å². The first-order valence-corrected chi connectivity index (χ1v) is 6.22. The van der Waals surface area contributed by atoms with Crippen molar-refractivity contribution in [3.63, 3.8) is 0 Å². The average Bonchev–Trinajstić information content (AvgIpc) is 2.46. The summed E-state index contributed by atoms with van der Waals surface area (Å²) < 4.78 is 5.42. The number of hydrogen-bond donors (Lipinski definition) is 0. The normalized spacial score (nSPS) is 10.6. The maximum absolute atomic E-state index is 5.95. The molecule has 0 saturated carbocycles. The fourth-order valence-corrected chi connectivity index (χ4v) is 2.25. The van der Waals surface area contributed by atoms with E-state index in [-0.39, 0.29) is 0 Å². The summed E-state index contributed by atoms with van der Waals surface area (Å²) in [6.45, 7) is 0. The van der Waals surface area contributed by atoms with Crippen LogP contribution in [0.5, 0.6) is 5.75 Å². The molecule has 19 heavy (non-hydrogen) atoms. The van der Waals surface area contributed by atoms with Crippen molar-refractivity contribution in [1.82, 2.24) is 9.97 Å². The molecule has 3 rings (SSSR count). The van der Waals surface area contributed by atoms with Crippen molar-refractivity contribution in [2.24, 2.45) is 0 Å². The predicted molar refractivity (Wildman–Crippen MR) is 76.5 cm³/mol. The Hall–Kier alpha value is -2.13. The molecule has 0 radical (unpaired) electrons. The minimum Gasteiger partial charge on any atom is -0.496 e. The lowest BCUT2D eigenvalue weighted by Crippen LogP contribution is -1.94. The SMILES string of the molecule is COc1ccc2ccccc2c1-c1nccc(Cl)n1. The highest BCUT2D eigenvalue weighted by Gasteiger charge is 2.13. The Kier molecular flexibility index (Phi) is 3.05. The zero-order valence-corrected chi connectivity index (χ0v) is 11.1. The van der Waals surface area contributed by atoms with Gasteiger partial charge < -0.3 is 4.74 Å². The number of halogens is 1. The number of fused-ring (bicyclic) bond motifs is 1. The third-order valence-corrected chi connectivity index (χ3v) is 3.17. The number of methoxy groups -OCH3 is 1. The molecule has 0 spiro atoms. The number of aromatic nitrogens is 2. The van der Waals surface area contributed by atoms with Gasteiger partial charge in [-0.3, -0.25) is 0 Å². The van der Waals surface area contributed by atoms with E-state index in [1.165, 1.54) is 0 Å². The first kappa shape index (κ1) is 11.9. The smallest absolute Gasteiger partial charge is 0.165 e. The quantitative estimate of drug-likeness (QED) is 0.661. The largest absolute Gasteiger partial charge is 0.496 e. The second kappa shape index (κ2) is 4.86. The van der Waals surface area contributed by atoms with Crippen LogP contribution in [0.1, 0.15) is 0 Å². The zero-order valence-electron chi connectivity index (χ0n) is 10.3. The second-order valence-corrected chi connectivity index (χ2v) is 4.45. The minimum absolute atomic E-state index is 0.417. The Balaban J connectivity index is 2.37. The third-order valence-electron chi connectivity index (χ3n) is 2.96. The van der Waals surface area contributed by atoms with E-state index in [1.807, 2.05) is 36.4 Å². The average molecular weight is 271 g/mol. The van der Waals surface area contributed by atoms with E-state index in [0.717, 1.165) is 22.1 Å². The van der Waals surface area contributed by atoms with Crippen LogP contribution in [0.3, 0.4) is 0 Å². The summed E-state index contributed by atoms with van der Waals surface area (Å²) in [4.78, 5) is 8.57. The first-order chi connectivity index (χ1) is 9.29. The fraction of sp³-hybridized carbons (Fsp3) is 0.0667. The van der Waals surface area contributed by atoms with Crippen LogP contribution >= 0.6 is 11.6 Å². The maximum Gasteiger partial charge on any atom is 0.165 e. The van der Waals surface area contributed by atoms with Gasteiger partial charge in [-0.25, -0.2) is 9.97 Å². The third kappa shape index (κ3) is 2.13. The van der Waals surface area contributed by atoms with Gasteiger partial charge in [0.1, 0.15) is 10.9 Å². The predicted octanol–water partition coefficient (Wildman–Crippen LogP) is 3.96. The summed E-state index contributed by atoms with van der Waals surface area (Å²) in [5.74, 6) is 1.31. The van der Waals surface area contributed by atoms with Crippen LogP contribution < -0.4 is 4.74 Å². The number of hydrogen-bond acceptors (Lipinski definition) is 3. The Bertz CT molecular complexity index is 743. The van der Waals surface area contributed by atoms with Gasteiger partial charge in [0.25, 0.3) is 0 Å². The van der Waals surface area contributed by atoms with Crippen LogP contribution in [0, 0.1) is 0 Å². The highest BCUT2D eigenvalue weighted by molar-refractivity contribution is 6.29. The molecule has 0 aliphatic heterocycles. The van der Waals surface area contributed by atoms with Gasteiger partial charge in [0.05, 0.1) is 12.7 Å². The second-order valence-electron chi connectivity index (χ2n) is 4.07. The molecule has 4 heteroatoms. The molecular weight excluding hydrogens is 260 g/mol. The molecule has 3 nitrogen and oxygen atoms in total. The van der Waals surface area contributed by atoms with E-state index < -0.39 is 0 Å². The summed E-state index contributed by atoms with van der Waals surface area (Å²) in [6.07, 6.45) is 1.64. The van der Waals surface area contributed by atoms with Crippen molar-refractivity contribution in [3.05, 3.63) is 53.8 Å². The molecule has 0 unspecified atom stereocenters. The number of ether oxygens (including phenoxy) is 1. The van der Waals surface area contributed by atoms with E-state index in [0.29, 0.717) is 11.0 Å². The minimum atomic E-state index is 0.417. The molecule has 2 aromatic carbocycles. The summed E-state index contributed by atoms with van der Waals surface area (Å²) in [6, 6.07) is 13.6. The Morgan fingerprint density at radius 1 is 1.05 bits per heavy atom. The van der Waals surface area contributed by atoms with Gasteiger partial charge in [0.15, 0.2) is 5.82 Å². The molecule has 1 heterocycles. The summed E-state index contributed by atoms with van der Waals surface area (Å²) in [7, 11) is 1.64. The van der Waals surface area contributed by atoms with Crippen molar-refractivity contribution in [1.29, 1.82) is 0 Å². The molecule has 0 aliphatic carbocycles. The van der Waals surface area contributed by atoms with E-state index >= 15 is 0 Å². The monoisotopic (exact) mass is 270 g/mol. The molecule has 0 fully saturated rings. The van der Waals surface area contributed by atoms with Gasteiger partial charge >= 0.3 is 0 Å². The highest BCUT2D eigenvalue weighted by atomic mass is 35.5. The van der Waals surface area contributed by atoms with Gasteiger partial charge in [-0.15, -0.1) is 0 Å². The molecule has 0 atom stereocenters. The lowest BCUT2D eigenvalue weighted by Gasteiger charge is -2.10. The molecule has 1 aromatic heterocycles. The number of nitrogens with zero attached hydrogens (tertiary/aromatic N) is 2. The first-order valence-electron chi connectivity index (χ1n) is 5.84. The number of rotatable bonds is 2. The molecule has 0 saturated heterocycles. The van der Waals surface area contributed by atoms with Crippen LogP contribution in [-0.2, 0) is 0 Å². The molecule has 0 amide bonds. The van der Waals surface area contributed by atoms with Gasteiger partial charge in [0.2, 0.25) is 0 Å². The number of benzene rings is 2. The van der Waals surface area contributed by atoms with Crippen molar-refractivity contribution in [3.8, 4) is 17.1 Å². The molecule has 0 aliphatic rings. The molecule has 3 aromatic rings. The zero-order chi connectivity index (χ0) is 13.2.